The summed E-state index contributed by atoms with van der Waals surface area (Å²) in [5.74, 6) is 6.05. The number of aromatic nitrogens is 3. The Morgan fingerprint density at radius 3 is 2.95 bits per heavy atom. The van der Waals surface area contributed by atoms with Gasteiger partial charge in [0.05, 0.1) is 6.04 Å². The average molecular weight is 342 g/mol. The highest BCUT2D eigenvalue weighted by Crippen LogP contribution is 2.23. The predicted octanol–water partition coefficient (Wildman–Crippen LogP) is 2.34. The van der Waals surface area contributed by atoms with E-state index in [9.17, 15) is 4.39 Å². The smallest absolute Gasteiger partial charge is 0.138 e. The van der Waals surface area contributed by atoms with E-state index >= 15 is 0 Å². The molecular formula is C13H17BrFN5. The van der Waals surface area contributed by atoms with E-state index in [1.54, 1.807) is 12.1 Å². The van der Waals surface area contributed by atoms with Crippen molar-refractivity contribution < 1.29 is 4.39 Å². The molecule has 0 radical (unpaired) electrons. The van der Waals surface area contributed by atoms with Gasteiger partial charge in [0.2, 0.25) is 0 Å². The summed E-state index contributed by atoms with van der Waals surface area (Å²) in [4.78, 5) is 4.22. The molecule has 2 rings (SSSR count). The molecule has 0 saturated carbocycles. The van der Waals surface area contributed by atoms with Crippen LogP contribution in [0.3, 0.4) is 0 Å². The third-order valence-electron chi connectivity index (χ3n) is 3.06. The number of nitrogens with two attached hydrogens (primary N) is 1. The molecule has 1 unspecified atom stereocenters. The van der Waals surface area contributed by atoms with Gasteiger partial charge in [-0.05, 0) is 18.6 Å². The lowest BCUT2D eigenvalue weighted by atomic mass is 10.0. The van der Waals surface area contributed by atoms with E-state index in [2.05, 4.69) is 38.4 Å². The molecular weight excluding hydrogens is 325 g/mol. The zero-order valence-corrected chi connectivity index (χ0v) is 12.8. The second-order valence-corrected chi connectivity index (χ2v) is 5.40. The lowest BCUT2D eigenvalue weighted by Crippen LogP contribution is -2.31. The first-order valence-electron chi connectivity index (χ1n) is 6.43. The summed E-state index contributed by atoms with van der Waals surface area (Å²) in [7, 11) is 0. The molecule has 108 valence electrons. The third kappa shape index (κ3) is 3.41. The Kier molecular flexibility index (Phi) is 5.22. The van der Waals surface area contributed by atoms with E-state index in [0.29, 0.717) is 16.5 Å². The number of nitrogens with zero attached hydrogens (tertiary/aromatic N) is 3. The quantitative estimate of drug-likeness (QED) is 0.625. The number of hydrogen-bond donors (Lipinski definition) is 2. The number of hydrogen-bond acceptors (Lipinski definition) is 4. The van der Waals surface area contributed by atoms with Gasteiger partial charge in [-0.1, -0.05) is 28.9 Å². The third-order valence-corrected chi connectivity index (χ3v) is 3.55. The van der Waals surface area contributed by atoms with Crippen LogP contribution in [-0.2, 0) is 13.0 Å². The van der Waals surface area contributed by atoms with E-state index in [1.165, 1.54) is 12.4 Å². The Bertz CT molecular complexity index is 572. The van der Waals surface area contributed by atoms with Crippen molar-refractivity contribution in [3.8, 4) is 0 Å². The van der Waals surface area contributed by atoms with Crippen molar-refractivity contribution in [3.05, 3.63) is 46.2 Å². The molecule has 20 heavy (non-hydrogen) atoms. The molecule has 0 aliphatic heterocycles. The number of halogens is 2. The molecule has 0 spiro atoms. The van der Waals surface area contributed by atoms with Gasteiger partial charge in [0.1, 0.15) is 18.0 Å². The molecule has 0 aliphatic rings. The molecule has 0 aliphatic carbocycles. The maximum atomic E-state index is 14.0. The maximum absolute atomic E-state index is 14.0. The summed E-state index contributed by atoms with van der Waals surface area (Å²) in [6.45, 7) is 2.86. The molecule has 0 fully saturated rings. The molecule has 3 N–H and O–H groups in total. The second-order valence-electron chi connectivity index (χ2n) is 4.49. The fourth-order valence-corrected chi connectivity index (χ4v) is 2.40. The van der Waals surface area contributed by atoms with Crippen molar-refractivity contribution in [2.75, 3.05) is 0 Å². The zero-order chi connectivity index (χ0) is 14.5. The second kappa shape index (κ2) is 6.92. The summed E-state index contributed by atoms with van der Waals surface area (Å²) in [5, 5.41) is 4.16. The molecule has 0 saturated heterocycles. The average Bonchev–Trinajstić information content (AvgIpc) is 2.84. The Hall–Kier alpha value is -1.31. The van der Waals surface area contributed by atoms with Gasteiger partial charge in [0.25, 0.3) is 0 Å². The van der Waals surface area contributed by atoms with Gasteiger partial charge in [0.15, 0.2) is 0 Å². The monoisotopic (exact) mass is 341 g/mol. The van der Waals surface area contributed by atoms with Crippen molar-refractivity contribution in [1.29, 1.82) is 0 Å². The van der Waals surface area contributed by atoms with Gasteiger partial charge in [0, 0.05) is 23.0 Å². The first-order chi connectivity index (χ1) is 9.65. The minimum atomic E-state index is -0.345. The highest BCUT2D eigenvalue weighted by atomic mass is 79.9. The largest absolute Gasteiger partial charge is 0.271 e. The topological polar surface area (TPSA) is 68.8 Å². The number of hydrazine groups is 1. The zero-order valence-electron chi connectivity index (χ0n) is 11.2. The van der Waals surface area contributed by atoms with Crippen LogP contribution in [0.1, 0.15) is 30.8 Å². The molecule has 1 aromatic heterocycles. The SMILES string of the molecule is CCCn1ncnc1CC(NN)c1ccc(Br)cc1F. The number of rotatable bonds is 6. The van der Waals surface area contributed by atoms with E-state index < -0.39 is 0 Å². The van der Waals surface area contributed by atoms with Crippen LogP contribution in [0.2, 0.25) is 0 Å². The van der Waals surface area contributed by atoms with Crippen molar-refractivity contribution in [2.45, 2.75) is 32.4 Å². The summed E-state index contributed by atoms with van der Waals surface area (Å²) in [5.41, 5.74) is 3.17. The van der Waals surface area contributed by atoms with Crippen LogP contribution >= 0.6 is 15.9 Å². The number of benzene rings is 1. The fraction of sp³-hybridized carbons (Fsp3) is 0.385. The highest BCUT2D eigenvalue weighted by Gasteiger charge is 2.18. The molecule has 5 nitrogen and oxygen atoms in total. The van der Waals surface area contributed by atoms with E-state index in [-0.39, 0.29) is 11.9 Å². The molecule has 7 heteroatoms. The van der Waals surface area contributed by atoms with E-state index in [1.807, 2.05) is 4.68 Å². The Morgan fingerprint density at radius 2 is 2.30 bits per heavy atom. The fourth-order valence-electron chi connectivity index (χ4n) is 2.07. The first-order valence-corrected chi connectivity index (χ1v) is 7.22. The Labute approximate surface area is 125 Å². The molecule has 2 aromatic rings. The molecule has 0 amide bonds. The van der Waals surface area contributed by atoms with Gasteiger partial charge < -0.3 is 0 Å². The molecule has 1 heterocycles. The summed E-state index contributed by atoms with van der Waals surface area (Å²) in [6.07, 6.45) is 2.95. The lowest BCUT2D eigenvalue weighted by Gasteiger charge is -2.17. The minimum Gasteiger partial charge on any atom is -0.271 e. The van der Waals surface area contributed by atoms with Crippen LogP contribution in [-0.4, -0.2) is 14.8 Å². The summed E-state index contributed by atoms with van der Waals surface area (Å²) < 4.78 is 16.5. The van der Waals surface area contributed by atoms with Gasteiger partial charge in [-0.25, -0.2) is 9.37 Å². The van der Waals surface area contributed by atoms with Crippen LogP contribution in [0.4, 0.5) is 4.39 Å². The normalized spacial score (nSPS) is 12.6. The summed E-state index contributed by atoms with van der Waals surface area (Å²) in [6, 6.07) is 4.59. The van der Waals surface area contributed by atoms with Crippen LogP contribution in [0.25, 0.3) is 0 Å². The number of aryl methyl sites for hydroxylation is 1. The van der Waals surface area contributed by atoms with Crippen LogP contribution in [0, 0.1) is 5.82 Å². The highest BCUT2D eigenvalue weighted by molar-refractivity contribution is 9.10. The predicted molar refractivity (Wildman–Crippen MR) is 78.2 cm³/mol. The van der Waals surface area contributed by atoms with E-state index in [4.69, 9.17) is 5.84 Å². The maximum Gasteiger partial charge on any atom is 0.138 e. The standard InChI is InChI=1S/C13H17BrFN5/c1-2-5-20-13(17-8-18-20)7-12(19-16)10-4-3-9(14)6-11(10)15/h3-4,6,8,12,19H,2,5,7,16H2,1H3. The van der Waals surface area contributed by atoms with E-state index in [0.717, 1.165) is 18.8 Å². The van der Waals surface area contributed by atoms with Crippen molar-refractivity contribution in [2.24, 2.45) is 5.84 Å². The van der Waals surface area contributed by atoms with Gasteiger partial charge in [-0.2, -0.15) is 5.10 Å². The van der Waals surface area contributed by atoms with Gasteiger partial charge >= 0.3 is 0 Å². The number of nitrogens with one attached hydrogen (secondary N) is 1. The van der Waals surface area contributed by atoms with Gasteiger partial charge in [-0.15, -0.1) is 0 Å². The van der Waals surface area contributed by atoms with Crippen LogP contribution in [0.15, 0.2) is 29.0 Å². The Morgan fingerprint density at radius 1 is 1.50 bits per heavy atom. The lowest BCUT2D eigenvalue weighted by molar-refractivity contribution is 0.478. The molecule has 1 aromatic carbocycles. The minimum absolute atomic E-state index is 0.302. The van der Waals surface area contributed by atoms with Crippen LogP contribution < -0.4 is 11.3 Å². The molecule has 1 atom stereocenters. The summed E-state index contributed by atoms with van der Waals surface area (Å²) >= 11 is 3.24. The Balaban J connectivity index is 2.22. The van der Waals surface area contributed by atoms with Crippen LogP contribution in [0.5, 0.6) is 0 Å². The van der Waals surface area contributed by atoms with Crippen molar-refractivity contribution in [3.63, 3.8) is 0 Å². The molecule has 0 bridgehead atoms. The van der Waals surface area contributed by atoms with Crippen molar-refractivity contribution >= 4 is 15.9 Å². The van der Waals surface area contributed by atoms with Crippen molar-refractivity contribution in [1.82, 2.24) is 20.2 Å². The van der Waals surface area contributed by atoms with Gasteiger partial charge in [-0.3, -0.25) is 16.0 Å². The first kappa shape index (κ1) is 15.1.